The molecule has 0 radical (unpaired) electrons. The maximum absolute atomic E-state index is 11.9. The highest BCUT2D eigenvalue weighted by molar-refractivity contribution is 6.33. The SMILES string of the molecule is Cc1c(C(=O)O)cnn1CC(=O)Nc1ccccc1Cl. The number of hydrogen-bond acceptors (Lipinski definition) is 3. The first-order chi connectivity index (χ1) is 9.49. The Bertz CT molecular complexity index is 667. The summed E-state index contributed by atoms with van der Waals surface area (Å²) in [4.78, 5) is 22.8. The highest BCUT2D eigenvalue weighted by Gasteiger charge is 2.15. The third-order valence-corrected chi connectivity index (χ3v) is 3.10. The van der Waals surface area contributed by atoms with Gasteiger partial charge in [0.05, 0.1) is 22.6 Å². The number of nitrogens with zero attached hydrogens (tertiary/aromatic N) is 2. The molecule has 0 saturated carbocycles. The molecule has 0 aliphatic carbocycles. The van der Waals surface area contributed by atoms with Crippen LogP contribution in [-0.2, 0) is 11.3 Å². The van der Waals surface area contributed by atoms with Crippen molar-refractivity contribution >= 4 is 29.2 Å². The van der Waals surface area contributed by atoms with Crippen LogP contribution in [0.4, 0.5) is 5.69 Å². The average Bonchev–Trinajstić information content (AvgIpc) is 2.74. The van der Waals surface area contributed by atoms with Gasteiger partial charge in [-0.3, -0.25) is 9.48 Å². The number of aromatic carboxylic acids is 1. The third-order valence-electron chi connectivity index (χ3n) is 2.77. The van der Waals surface area contributed by atoms with Gasteiger partial charge in [0.25, 0.3) is 0 Å². The highest BCUT2D eigenvalue weighted by Crippen LogP contribution is 2.20. The van der Waals surface area contributed by atoms with Crippen LogP contribution >= 0.6 is 11.6 Å². The first kappa shape index (κ1) is 14.1. The van der Waals surface area contributed by atoms with Crippen molar-refractivity contribution in [1.29, 1.82) is 0 Å². The lowest BCUT2D eigenvalue weighted by Gasteiger charge is -2.08. The van der Waals surface area contributed by atoms with Gasteiger partial charge >= 0.3 is 5.97 Å². The van der Waals surface area contributed by atoms with Gasteiger partial charge in [0, 0.05) is 0 Å². The predicted octanol–water partition coefficient (Wildman–Crippen LogP) is 2.18. The van der Waals surface area contributed by atoms with Crippen LogP contribution < -0.4 is 5.32 Å². The van der Waals surface area contributed by atoms with Gasteiger partial charge in [-0.25, -0.2) is 4.79 Å². The number of nitrogens with one attached hydrogen (secondary N) is 1. The number of carboxylic acids is 1. The summed E-state index contributed by atoms with van der Waals surface area (Å²) in [5, 5.41) is 15.9. The number of carboxylic acid groups (broad SMARTS) is 1. The number of anilines is 1. The number of carbonyl (C=O) groups excluding carboxylic acids is 1. The van der Waals surface area contributed by atoms with E-state index >= 15 is 0 Å². The molecule has 6 nitrogen and oxygen atoms in total. The van der Waals surface area contributed by atoms with Gasteiger partial charge < -0.3 is 10.4 Å². The van der Waals surface area contributed by atoms with E-state index in [2.05, 4.69) is 10.4 Å². The molecule has 104 valence electrons. The van der Waals surface area contributed by atoms with E-state index in [1.165, 1.54) is 10.9 Å². The van der Waals surface area contributed by atoms with Crippen molar-refractivity contribution < 1.29 is 14.7 Å². The lowest BCUT2D eigenvalue weighted by Crippen LogP contribution is -2.20. The van der Waals surface area contributed by atoms with Crippen LogP contribution in [0.15, 0.2) is 30.5 Å². The van der Waals surface area contributed by atoms with Crippen molar-refractivity contribution in [2.75, 3.05) is 5.32 Å². The maximum atomic E-state index is 11.9. The molecule has 20 heavy (non-hydrogen) atoms. The molecule has 0 atom stereocenters. The van der Waals surface area contributed by atoms with Crippen molar-refractivity contribution in [2.24, 2.45) is 0 Å². The lowest BCUT2D eigenvalue weighted by atomic mass is 10.3. The number of rotatable bonds is 4. The Morgan fingerprint density at radius 2 is 2.10 bits per heavy atom. The Balaban J connectivity index is 2.09. The monoisotopic (exact) mass is 293 g/mol. The standard InChI is InChI=1S/C13H12ClN3O3/c1-8-9(13(19)20)6-15-17(8)7-12(18)16-11-5-3-2-4-10(11)14/h2-6H,7H2,1H3,(H,16,18)(H,19,20). The fourth-order valence-corrected chi connectivity index (χ4v) is 1.89. The predicted molar refractivity (Wildman–Crippen MR) is 74.0 cm³/mol. The lowest BCUT2D eigenvalue weighted by molar-refractivity contribution is -0.116. The van der Waals surface area contributed by atoms with Crippen LogP contribution in [-0.4, -0.2) is 26.8 Å². The number of benzene rings is 1. The molecule has 2 rings (SSSR count). The van der Waals surface area contributed by atoms with Crippen LogP contribution in [0.5, 0.6) is 0 Å². The summed E-state index contributed by atoms with van der Waals surface area (Å²) in [5.41, 5.74) is 1.00. The number of halogens is 1. The molecule has 7 heteroatoms. The highest BCUT2D eigenvalue weighted by atomic mass is 35.5. The van der Waals surface area contributed by atoms with Gasteiger partial charge in [-0.2, -0.15) is 5.10 Å². The van der Waals surface area contributed by atoms with Crippen LogP contribution in [0, 0.1) is 6.92 Å². The molecule has 1 heterocycles. The Kier molecular flexibility index (Phi) is 4.05. The normalized spacial score (nSPS) is 10.3. The summed E-state index contributed by atoms with van der Waals surface area (Å²) >= 11 is 5.93. The topological polar surface area (TPSA) is 84.2 Å². The van der Waals surface area contributed by atoms with E-state index in [1.807, 2.05) is 0 Å². The summed E-state index contributed by atoms with van der Waals surface area (Å²) in [6.45, 7) is 1.52. The fourth-order valence-electron chi connectivity index (χ4n) is 1.70. The molecule has 0 aliphatic rings. The van der Waals surface area contributed by atoms with Crippen molar-refractivity contribution in [3.8, 4) is 0 Å². The molecule has 0 spiro atoms. The van der Waals surface area contributed by atoms with Gasteiger partial charge in [0.15, 0.2) is 0 Å². The minimum Gasteiger partial charge on any atom is -0.478 e. The molecule has 0 unspecified atom stereocenters. The van der Waals surface area contributed by atoms with Crippen LogP contribution in [0.1, 0.15) is 16.1 Å². The molecule has 1 amide bonds. The largest absolute Gasteiger partial charge is 0.478 e. The summed E-state index contributed by atoms with van der Waals surface area (Å²) in [6.07, 6.45) is 1.22. The number of hydrogen-bond donors (Lipinski definition) is 2. The molecule has 0 saturated heterocycles. The molecule has 0 bridgehead atoms. The van der Waals surface area contributed by atoms with E-state index < -0.39 is 5.97 Å². The van der Waals surface area contributed by atoms with Crippen LogP contribution in [0.2, 0.25) is 5.02 Å². The smallest absolute Gasteiger partial charge is 0.339 e. The molecule has 2 N–H and O–H groups in total. The molecule has 0 aliphatic heterocycles. The molecule has 0 fully saturated rings. The molecule has 1 aromatic carbocycles. The Labute approximate surface area is 120 Å². The molecule has 2 aromatic rings. The second-order valence-corrected chi connectivity index (χ2v) is 4.54. The second kappa shape index (κ2) is 5.75. The minimum atomic E-state index is -1.07. The fraction of sp³-hybridized carbons (Fsp3) is 0.154. The Morgan fingerprint density at radius 1 is 1.40 bits per heavy atom. The maximum Gasteiger partial charge on any atom is 0.339 e. The van der Waals surface area contributed by atoms with E-state index in [0.29, 0.717) is 16.4 Å². The number of carbonyl (C=O) groups is 2. The summed E-state index contributed by atoms with van der Waals surface area (Å²) in [6, 6.07) is 6.86. The quantitative estimate of drug-likeness (QED) is 0.905. The Morgan fingerprint density at radius 3 is 2.70 bits per heavy atom. The van der Waals surface area contributed by atoms with Crippen molar-refractivity contribution in [2.45, 2.75) is 13.5 Å². The summed E-state index contributed by atoms with van der Waals surface area (Å²) in [7, 11) is 0. The van der Waals surface area contributed by atoms with Crippen molar-refractivity contribution in [3.63, 3.8) is 0 Å². The van der Waals surface area contributed by atoms with Crippen LogP contribution in [0.25, 0.3) is 0 Å². The first-order valence-corrected chi connectivity index (χ1v) is 6.17. The summed E-state index contributed by atoms with van der Waals surface area (Å²) in [5.74, 6) is -1.40. The minimum absolute atomic E-state index is 0.0790. The molecular weight excluding hydrogens is 282 g/mol. The van der Waals surface area contributed by atoms with E-state index in [9.17, 15) is 9.59 Å². The van der Waals surface area contributed by atoms with Gasteiger partial charge in [-0.05, 0) is 19.1 Å². The summed E-state index contributed by atoms with van der Waals surface area (Å²) < 4.78 is 1.33. The number of amides is 1. The van der Waals surface area contributed by atoms with Crippen molar-refractivity contribution in [1.82, 2.24) is 9.78 Å². The van der Waals surface area contributed by atoms with E-state index in [-0.39, 0.29) is 18.0 Å². The van der Waals surface area contributed by atoms with Gasteiger partial charge in [0.2, 0.25) is 5.91 Å². The van der Waals surface area contributed by atoms with Gasteiger partial charge in [-0.15, -0.1) is 0 Å². The van der Waals surface area contributed by atoms with Crippen LogP contribution in [0.3, 0.4) is 0 Å². The number of para-hydroxylation sites is 1. The van der Waals surface area contributed by atoms with E-state index in [1.54, 1.807) is 31.2 Å². The zero-order valence-electron chi connectivity index (χ0n) is 10.6. The number of aromatic nitrogens is 2. The van der Waals surface area contributed by atoms with Crippen molar-refractivity contribution in [3.05, 3.63) is 46.7 Å². The Hall–Kier alpha value is -2.34. The van der Waals surface area contributed by atoms with Gasteiger partial charge in [-0.1, -0.05) is 23.7 Å². The zero-order valence-corrected chi connectivity index (χ0v) is 11.4. The zero-order chi connectivity index (χ0) is 14.7. The molecule has 1 aromatic heterocycles. The molecular formula is C13H12ClN3O3. The van der Waals surface area contributed by atoms with E-state index in [4.69, 9.17) is 16.7 Å². The first-order valence-electron chi connectivity index (χ1n) is 5.79. The average molecular weight is 294 g/mol. The third kappa shape index (κ3) is 2.97. The second-order valence-electron chi connectivity index (χ2n) is 4.13. The van der Waals surface area contributed by atoms with Gasteiger partial charge in [0.1, 0.15) is 12.1 Å². The van der Waals surface area contributed by atoms with E-state index in [0.717, 1.165) is 0 Å².